The average molecular weight is 296 g/mol. The second-order valence-electron chi connectivity index (χ2n) is 4.16. The Kier molecular flexibility index (Phi) is 4.79. The summed E-state index contributed by atoms with van der Waals surface area (Å²) < 4.78 is 33.8. The van der Waals surface area contributed by atoms with Crippen molar-refractivity contribution in [2.75, 3.05) is 12.3 Å². The van der Waals surface area contributed by atoms with Crippen LogP contribution in [0.15, 0.2) is 11.3 Å². The van der Waals surface area contributed by atoms with Crippen LogP contribution in [0.5, 0.6) is 0 Å². The van der Waals surface area contributed by atoms with Gasteiger partial charge >= 0.3 is 10.2 Å². The van der Waals surface area contributed by atoms with Gasteiger partial charge in [-0.05, 0) is 0 Å². The Morgan fingerprint density at radius 3 is 2.40 bits per heavy atom. The Hall–Kier alpha value is -2.44. The second kappa shape index (κ2) is 6.14. The molecule has 104 valence electrons. The minimum atomic E-state index is -4.71. The molecule has 9 heteroatoms. The molecule has 0 radical (unpaired) electrons. The highest BCUT2D eigenvalue weighted by Gasteiger charge is 2.35. The zero-order chi connectivity index (χ0) is 15.3. The normalized spacial score (nSPS) is 18.0. The van der Waals surface area contributed by atoms with Crippen molar-refractivity contribution < 1.29 is 17.1 Å². The highest BCUT2D eigenvalue weighted by molar-refractivity contribution is 7.86. The van der Waals surface area contributed by atoms with Crippen LogP contribution in [0.4, 0.5) is 3.89 Å². The summed E-state index contributed by atoms with van der Waals surface area (Å²) in [5.41, 5.74) is -0.454. The number of carbonyl (C=O) groups is 1. The predicted molar refractivity (Wildman–Crippen MR) is 63.2 cm³/mol. The fourth-order valence-electron chi connectivity index (χ4n) is 1.98. The molecular weight excluding hydrogens is 287 g/mol. The van der Waals surface area contributed by atoms with Crippen LogP contribution in [0.3, 0.4) is 0 Å². The van der Waals surface area contributed by atoms with Gasteiger partial charge in [0.05, 0.1) is 23.9 Å². The molecule has 0 aromatic carbocycles. The number of hydrogen-bond acceptors (Lipinski definition) is 6. The predicted octanol–water partition coefficient (Wildman–Crippen LogP) is 0.349. The lowest BCUT2D eigenvalue weighted by molar-refractivity contribution is -0.126. The minimum absolute atomic E-state index is 0.0683. The molecule has 1 amide bonds. The summed E-state index contributed by atoms with van der Waals surface area (Å²) in [6.07, 6.45) is -0.542. The number of rotatable bonds is 4. The van der Waals surface area contributed by atoms with Crippen molar-refractivity contribution in [3.05, 3.63) is 11.3 Å². The number of carbonyl (C=O) groups excluding carboxylic acids is 1. The molecule has 1 saturated heterocycles. The van der Waals surface area contributed by atoms with Crippen molar-refractivity contribution in [1.29, 1.82) is 15.8 Å². The van der Waals surface area contributed by atoms with Crippen LogP contribution in [0.2, 0.25) is 0 Å². The summed E-state index contributed by atoms with van der Waals surface area (Å²) in [6, 6.07) is 4.89. The summed E-state index contributed by atoms with van der Waals surface area (Å²) in [6.45, 7) is -0.133. The molecule has 7 nitrogen and oxygen atoms in total. The second-order valence-corrected chi connectivity index (χ2v) is 5.57. The first-order valence-corrected chi connectivity index (χ1v) is 7.00. The molecule has 0 N–H and O–H groups in total. The van der Waals surface area contributed by atoms with E-state index in [0.29, 0.717) is 0 Å². The zero-order valence-corrected chi connectivity index (χ0v) is 11.0. The first-order valence-electron chi connectivity index (χ1n) is 5.45. The fourth-order valence-corrected chi connectivity index (χ4v) is 2.77. The average Bonchev–Trinajstić information content (AvgIpc) is 2.68. The SMILES string of the molecule is N#CCC(=C(C#N)C#N)N1CC(CS(=O)(=O)F)CC1=O. The molecule has 1 atom stereocenters. The molecule has 0 aliphatic carbocycles. The van der Waals surface area contributed by atoms with Crippen LogP contribution in [-0.4, -0.2) is 31.5 Å². The van der Waals surface area contributed by atoms with Gasteiger partial charge in [0.1, 0.15) is 17.7 Å². The number of likely N-dealkylation sites (tertiary alicyclic amines) is 1. The molecule has 0 saturated carbocycles. The summed E-state index contributed by atoms with van der Waals surface area (Å²) in [7, 11) is -4.71. The molecular formula is C11H9FN4O3S. The van der Waals surface area contributed by atoms with E-state index in [9.17, 15) is 17.1 Å². The largest absolute Gasteiger partial charge is 0.313 e. The maximum Gasteiger partial charge on any atom is 0.302 e. The first-order chi connectivity index (χ1) is 9.32. The Bertz CT molecular complexity index is 662. The highest BCUT2D eigenvalue weighted by Crippen LogP contribution is 2.26. The van der Waals surface area contributed by atoms with Gasteiger partial charge in [0.25, 0.3) is 0 Å². The number of nitrogens with zero attached hydrogens (tertiary/aromatic N) is 4. The van der Waals surface area contributed by atoms with Crippen LogP contribution in [-0.2, 0) is 15.0 Å². The Morgan fingerprint density at radius 1 is 1.35 bits per heavy atom. The monoisotopic (exact) mass is 296 g/mol. The van der Waals surface area contributed by atoms with Crippen molar-refractivity contribution in [2.24, 2.45) is 5.92 Å². The van der Waals surface area contributed by atoms with E-state index in [1.54, 1.807) is 18.2 Å². The zero-order valence-electron chi connectivity index (χ0n) is 10.2. The lowest BCUT2D eigenvalue weighted by Gasteiger charge is -2.18. The van der Waals surface area contributed by atoms with E-state index in [1.807, 2.05) is 0 Å². The molecule has 20 heavy (non-hydrogen) atoms. The molecule has 1 fully saturated rings. The Morgan fingerprint density at radius 2 is 1.95 bits per heavy atom. The third-order valence-corrected chi connectivity index (χ3v) is 3.59. The van der Waals surface area contributed by atoms with Crippen LogP contribution in [0.25, 0.3) is 0 Å². The quantitative estimate of drug-likeness (QED) is 0.544. The molecule has 1 unspecified atom stereocenters. The van der Waals surface area contributed by atoms with Gasteiger partial charge in [0.15, 0.2) is 0 Å². The molecule has 1 heterocycles. The summed E-state index contributed by atoms with van der Waals surface area (Å²) >= 11 is 0. The summed E-state index contributed by atoms with van der Waals surface area (Å²) in [5.74, 6) is -2.10. The minimum Gasteiger partial charge on any atom is -0.313 e. The maximum absolute atomic E-state index is 12.6. The van der Waals surface area contributed by atoms with Gasteiger partial charge in [0.2, 0.25) is 5.91 Å². The van der Waals surface area contributed by atoms with E-state index < -0.39 is 27.8 Å². The fraction of sp³-hybridized carbons (Fsp3) is 0.455. The van der Waals surface area contributed by atoms with Gasteiger partial charge in [0, 0.05) is 18.9 Å². The smallest absolute Gasteiger partial charge is 0.302 e. The molecule has 0 aromatic heterocycles. The topological polar surface area (TPSA) is 126 Å². The summed E-state index contributed by atoms with van der Waals surface area (Å²) in [4.78, 5) is 12.8. The van der Waals surface area contributed by atoms with Crippen molar-refractivity contribution in [1.82, 2.24) is 4.90 Å². The molecule has 0 bridgehead atoms. The van der Waals surface area contributed by atoms with Gasteiger partial charge in [-0.25, -0.2) is 0 Å². The lowest BCUT2D eigenvalue weighted by Crippen LogP contribution is -2.26. The maximum atomic E-state index is 12.6. The number of nitriles is 3. The van der Waals surface area contributed by atoms with Gasteiger partial charge in [-0.2, -0.15) is 24.2 Å². The number of halogens is 1. The lowest BCUT2D eigenvalue weighted by atomic mass is 10.1. The molecule has 0 spiro atoms. The van der Waals surface area contributed by atoms with E-state index >= 15 is 0 Å². The number of hydrogen-bond donors (Lipinski definition) is 0. The van der Waals surface area contributed by atoms with Crippen molar-refractivity contribution >= 4 is 16.1 Å². The van der Waals surface area contributed by atoms with Gasteiger partial charge < -0.3 is 4.90 Å². The standard InChI is InChI=1S/C11H9FN4O3S/c12-20(18,19)7-8-3-11(17)16(6-8)10(1-2-13)9(4-14)5-15/h8H,1,3,6-7H2. The first kappa shape index (κ1) is 15.6. The van der Waals surface area contributed by atoms with Crippen molar-refractivity contribution in [2.45, 2.75) is 12.8 Å². The van der Waals surface area contributed by atoms with E-state index in [-0.39, 0.29) is 30.7 Å². The van der Waals surface area contributed by atoms with Crippen molar-refractivity contribution in [3.8, 4) is 18.2 Å². The number of allylic oxidation sites excluding steroid dienone is 2. The van der Waals surface area contributed by atoms with Crippen LogP contribution >= 0.6 is 0 Å². The molecule has 1 rings (SSSR count). The summed E-state index contributed by atoms with van der Waals surface area (Å²) in [5, 5.41) is 26.3. The number of amides is 1. The van der Waals surface area contributed by atoms with E-state index in [1.165, 1.54) is 0 Å². The van der Waals surface area contributed by atoms with Crippen LogP contribution in [0.1, 0.15) is 12.8 Å². The Balaban J connectivity index is 3.06. The third-order valence-electron chi connectivity index (χ3n) is 2.72. The molecule has 1 aliphatic rings. The van der Waals surface area contributed by atoms with Gasteiger partial charge in [-0.3, -0.25) is 4.79 Å². The Labute approximate surface area is 115 Å². The van der Waals surface area contributed by atoms with E-state index in [4.69, 9.17) is 15.8 Å². The van der Waals surface area contributed by atoms with E-state index in [0.717, 1.165) is 4.90 Å². The highest BCUT2D eigenvalue weighted by atomic mass is 32.3. The van der Waals surface area contributed by atoms with Gasteiger partial charge in [-0.15, -0.1) is 3.89 Å². The van der Waals surface area contributed by atoms with Crippen LogP contribution in [0, 0.1) is 39.9 Å². The van der Waals surface area contributed by atoms with Crippen molar-refractivity contribution in [3.63, 3.8) is 0 Å². The van der Waals surface area contributed by atoms with E-state index in [2.05, 4.69) is 0 Å². The van der Waals surface area contributed by atoms with Gasteiger partial charge in [-0.1, -0.05) is 0 Å². The molecule has 0 aromatic rings. The molecule has 1 aliphatic heterocycles. The third kappa shape index (κ3) is 3.78. The van der Waals surface area contributed by atoms with Crippen LogP contribution < -0.4 is 0 Å².